The van der Waals surface area contributed by atoms with Gasteiger partial charge in [0.1, 0.15) is 0 Å². The van der Waals surface area contributed by atoms with Gasteiger partial charge in [-0.3, -0.25) is 4.98 Å². The molecule has 1 fully saturated rings. The third kappa shape index (κ3) is 3.72. The lowest BCUT2D eigenvalue weighted by molar-refractivity contribution is 0.187. The normalized spacial score (nSPS) is 15.2. The minimum Gasteiger partial charge on any atom is -0.465 e. The molecule has 2 N–H and O–H groups in total. The third-order valence-electron chi connectivity index (χ3n) is 4.53. The largest absolute Gasteiger partial charge is 0.465 e. The van der Waals surface area contributed by atoms with Gasteiger partial charge in [0.15, 0.2) is 11.6 Å². The summed E-state index contributed by atoms with van der Waals surface area (Å²) in [4.78, 5) is 21.1. The Hall–Kier alpha value is -2.41. The van der Waals surface area contributed by atoms with Crippen LogP contribution in [0.25, 0.3) is 11.3 Å². The van der Waals surface area contributed by atoms with E-state index in [-0.39, 0.29) is 22.4 Å². The summed E-state index contributed by atoms with van der Waals surface area (Å²) in [7, 11) is 0. The van der Waals surface area contributed by atoms with E-state index >= 15 is 4.39 Å². The topological polar surface area (TPSA) is 78.4 Å². The minimum absolute atomic E-state index is 0.125. The number of piperidine rings is 1. The zero-order chi connectivity index (χ0) is 18.8. The van der Waals surface area contributed by atoms with Gasteiger partial charge in [0, 0.05) is 31.5 Å². The molecule has 1 aliphatic heterocycles. The van der Waals surface area contributed by atoms with Gasteiger partial charge >= 0.3 is 6.09 Å². The van der Waals surface area contributed by atoms with Crippen LogP contribution in [0.2, 0.25) is 5.02 Å². The molecule has 1 saturated heterocycles. The van der Waals surface area contributed by atoms with E-state index in [9.17, 15) is 4.79 Å². The fourth-order valence-corrected chi connectivity index (χ4v) is 3.50. The van der Waals surface area contributed by atoms with Crippen LogP contribution >= 0.6 is 11.6 Å². The Labute approximate surface area is 156 Å². The SMILES string of the molecule is Cc1cnc(-c2c(Cl)cnc(N3CCC(NC(=O)O)CC3)c2F)c(C)c1. The summed E-state index contributed by atoms with van der Waals surface area (Å²) in [5.74, 6) is -0.276. The van der Waals surface area contributed by atoms with Gasteiger partial charge in [0.2, 0.25) is 0 Å². The number of nitrogens with one attached hydrogen (secondary N) is 1. The van der Waals surface area contributed by atoms with Crippen molar-refractivity contribution in [3.05, 3.63) is 40.4 Å². The number of aromatic nitrogens is 2. The van der Waals surface area contributed by atoms with Crippen molar-refractivity contribution in [1.82, 2.24) is 15.3 Å². The Morgan fingerprint density at radius 1 is 1.31 bits per heavy atom. The lowest BCUT2D eigenvalue weighted by atomic mass is 10.0. The number of amides is 1. The number of carbonyl (C=O) groups is 1. The molecule has 0 saturated carbocycles. The molecule has 0 bridgehead atoms. The number of pyridine rings is 2. The maximum atomic E-state index is 15.3. The molecule has 2 aromatic heterocycles. The number of aryl methyl sites for hydroxylation is 2. The molecule has 3 heterocycles. The highest BCUT2D eigenvalue weighted by Crippen LogP contribution is 2.35. The van der Waals surface area contributed by atoms with Crippen LogP contribution in [0.5, 0.6) is 0 Å². The Morgan fingerprint density at radius 2 is 2.00 bits per heavy atom. The standard InChI is InChI=1S/C18H20ClFN4O2/c1-10-7-11(2)16(21-8-10)14-13(19)9-22-17(15(14)20)24-5-3-12(4-6-24)23-18(25)26/h7-9,12,23H,3-6H2,1-2H3,(H,25,26). The number of halogens is 2. The van der Waals surface area contributed by atoms with Crippen molar-refractivity contribution in [3.8, 4) is 11.3 Å². The molecule has 1 aliphatic rings. The average molecular weight is 379 g/mol. The summed E-state index contributed by atoms with van der Waals surface area (Å²) in [5, 5.41) is 11.5. The van der Waals surface area contributed by atoms with Gasteiger partial charge < -0.3 is 15.3 Å². The average Bonchev–Trinajstić information content (AvgIpc) is 2.57. The zero-order valence-electron chi connectivity index (χ0n) is 14.6. The molecule has 6 nitrogen and oxygen atoms in total. The predicted molar refractivity (Wildman–Crippen MR) is 98.3 cm³/mol. The molecule has 0 aromatic carbocycles. The fourth-order valence-electron chi connectivity index (χ4n) is 3.28. The van der Waals surface area contributed by atoms with Crippen LogP contribution in [0.15, 0.2) is 18.5 Å². The molecule has 138 valence electrons. The monoisotopic (exact) mass is 378 g/mol. The Morgan fingerprint density at radius 3 is 2.62 bits per heavy atom. The van der Waals surface area contributed by atoms with Crippen molar-refractivity contribution >= 4 is 23.5 Å². The van der Waals surface area contributed by atoms with Crippen LogP contribution in [0.3, 0.4) is 0 Å². The minimum atomic E-state index is -1.04. The van der Waals surface area contributed by atoms with E-state index in [0.717, 1.165) is 11.1 Å². The number of rotatable bonds is 3. The summed E-state index contributed by atoms with van der Waals surface area (Å²) in [6.07, 6.45) is 3.27. The van der Waals surface area contributed by atoms with E-state index in [1.54, 1.807) is 6.20 Å². The second kappa shape index (κ2) is 7.45. The van der Waals surface area contributed by atoms with E-state index in [1.165, 1.54) is 6.20 Å². The van der Waals surface area contributed by atoms with E-state index in [1.807, 2.05) is 24.8 Å². The molecule has 2 aromatic rings. The van der Waals surface area contributed by atoms with Gasteiger partial charge in [-0.2, -0.15) is 0 Å². The van der Waals surface area contributed by atoms with Gasteiger partial charge in [-0.05, 0) is 37.8 Å². The molecule has 0 aliphatic carbocycles. The van der Waals surface area contributed by atoms with Gasteiger partial charge in [0.25, 0.3) is 0 Å². The van der Waals surface area contributed by atoms with E-state index < -0.39 is 11.9 Å². The van der Waals surface area contributed by atoms with Gasteiger partial charge in [-0.25, -0.2) is 14.2 Å². The number of hydrogen-bond donors (Lipinski definition) is 2. The van der Waals surface area contributed by atoms with Crippen molar-refractivity contribution in [2.24, 2.45) is 0 Å². The Balaban J connectivity index is 1.90. The lowest BCUT2D eigenvalue weighted by Crippen LogP contribution is -2.44. The van der Waals surface area contributed by atoms with Crippen molar-refractivity contribution in [2.45, 2.75) is 32.7 Å². The van der Waals surface area contributed by atoms with Gasteiger partial charge in [0.05, 0.1) is 16.3 Å². The van der Waals surface area contributed by atoms with Gasteiger partial charge in [-0.15, -0.1) is 0 Å². The molecule has 0 radical (unpaired) electrons. The summed E-state index contributed by atoms with van der Waals surface area (Å²) in [5.41, 5.74) is 2.58. The summed E-state index contributed by atoms with van der Waals surface area (Å²) < 4.78 is 15.3. The van der Waals surface area contributed by atoms with Gasteiger partial charge in [-0.1, -0.05) is 17.7 Å². The first kappa shape index (κ1) is 18.4. The van der Waals surface area contributed by atoms with Crippen LogP contribution in [-0.2, 0) is 0 Å². The first-order chi connectivity index (χ1) is 12.4. The van der Waals surface area contributed by atoms with E-state index in [2.05, 4.69) is 15.3 Å². The highest BCUT2D eigenvalue weighted by Gasteiger charge is 2.26. The maximum Gasteiger partial charge on any atom is 0.404 e. The Bertz CT molecular complexity index is 838. The van der Waals surface area contributed by atoms with E-state index in [4.69, 9.17) is 16.7 Å². The number of carboxylic acid groups (broad SMARTS) is 1. The van der Waals surface area contributed by atoms with Crippen LogP contribution < -0.4 is 10.2 Å². The molecule has 0 spiro atoms. The summed E-state index contributed by atoms with van der Waals surface area (Å²) in [6, 6.07) is 1.81. The first-order valence-corrected chi connectivity index (χ1v) is 8.76. The van der Waals surface area contributed by atoms with E-state index in [0.29, 0.717) is 31.6 Å². The fraction of sp³-hybridized carbons (Fsp3) is 0.389. The smallest absolute Gasteiger partial charge is 0.404 e. The molecule has 26 heavy (non-hydrogen) atoms. The quantitative estimate of drug-likeness (QED) is 0.849. The van der Waals surface area contributed by atoms with Crippen molar-refractivity contribution in [1.29, 1.82) is 0 Å². The first-order valence-electron chi connectivity index (χ1n) is 8.39. The number of nitrogens with zero attached hydrogens (tertiary/aromatic N) is 3. The third-order valence-corrected chi connectivity index (χ3v) is 4.82. The van der Waals surface area contributed by atoms with Crippen LogP contribution in [-0.4, -0.2) is 40.3 Å². The highest BCUT2D eigenvalue weighted by atomic mass is 35.5. The summed E-state index contributed by atoms with van der Waals surface area (Å²) >= 11 is 6.23. The molecular weight excluding hydrogens is 359 g/mol. The van der Waals surface area contributed by atoms with Crippen LogP contribution in [0, 0.1) is 19.7 Å². The van der Waals surface area contributed by atoms with Crippen LogP contribution in [0.1, 0.15) is 24.0 Å². The second-order valence-electron chi connectivity index (χ2n) is 6.51. The Kier molecular flexibility index (Phi) is 5.27. The van der Waals surface area contributed by atoms with Crippen LogP contribution in [0.4, 0.5) is 15.0 Å². The molecule has 1 amide bonds. The molecule has 0 unspecified atom stereocenters. The molecule has 8 heteroatoms. The van der Waals surface area contributed by atoms with Crippen molar-refractivity contribution in [2.75, 3.05) is 18.0 Å². The molecule has 3 rings (SSSR count). The summed E-state index contributed by atoms with van der Waals surface area (Å²) in [6.45, 7) is 4.82. The number of hydrogen-bond acceptors (Lipinski definition) is 4. The predicted octanol–water partition coefficient (Wildman–Crippen LogP) is 3.79. The van der Waals surface area contributed by atoms with Crippen molar-refractivity contribution in [3.63, 3.8) is 0 Å². The molecular formula is C18H20ClFN4O2. The number of anilines is 1. The lowest BCUT2D eigenvalue weighted by Gasteiger charge is -2.33. The molecule has 0 atom stereocenters. The zero-order valence-corrected chi connectivity index (χ0v) is 15.3. The second-order valence-corrected chi connectivity index (χ2v) is 6.91. The van der Waals surface area contributed by atoms with Crippen molar-refractivity contribution < 1.29 is 14.3 Å². The maximum absolute atomic E-state index is 15.3. The highest BCUT2D eigenvalue weighted by molar-refractivity contribution is 6.33.